The van der Waals surface area contributed by atoms with E-state index >= 15 is 0 Å². The first kappa shape index (κ1) is 15.0. The maximum atomic E-state index is 11.0. The van der Waals surface area contributed by atoms with Crippen LogP contribution in [0.5, 0.6) is 5.75 Å². The van der Waals surface area contributed by atoms with E-state index in [4.69, 9.17) is 9.47 Å². The summed E-state index contributed by atoms with van der Waals surface area (Å²) in [5, 5.41) is 5.88. The van der Waals surface area contributed by atoms with Gasteiger partial charge in [-0.1, -0.05) is 6.08 Å². The average Bonchev–Trinajstić information content (AvgIpc) is 2.37. The molecule has 0 aliphatic heterocycles. The molecule has 1 rings (SSSR count). The third-order valence-electron chi connectivity index (χ3n) is 2.36. The summed E-state index contributed by atoms with van der Waals surface area (Å²) in [6.07, 6.45) is 1.39. The zero-order valence-corrected chi connectivity index (χ0v) is 11.5. The molecule has 5 heteroatoms. The van der Waals surface area contributed by atoms with Gasteiger partial charge in [0.2, 0.25) is 5.91 Å². The smallest absolute Gasteiger partial charge is 0.221 e. The second kappa shape index (κ2) is 7.43. The predicted octanol–water partition coefficient (Wildman–Crippen LogP) is 2.61. The fourth-order valence-corrected chi connectivity index (χ4v) is 1.46. The Morgan fingerprint density at radius 3 is 2.84 bits per heavy atom. The SMILES string of the molecule is C=CCNc1cc(NC(C)=O)ccc1OC(C)OC. The summed E-state index contributed by atoms with van der Waals surface area (Å²) in [5.74, 6) is 0.541. The Balaban J connectivity index is 2.94. The van der Waals surface area contributed by atoms with Gasteiger partial charge < -0.3 is 20.1 Å². The molecular weight excluding hydrogens is 244 g/mol. The van der Waals surface area contributed by atoms with Crippen molar-refractivity contribution in [2.75, 3.05) is 24.3 Å². The highest BCUT2D eigenvalue weighted by atomic mass is 16.7. The molecule has 0 saturated carbocycles. The number of hydrogen-bond donors (Lipinski definition) is 2. The van der Waals surface area contributed by atoms with Gasteiger partial charge in [0.1, 0.15) is 5.75 Å². The minimum atomic E-state index is -0.351. The predicted molar refractivity (Wildman–Crippen MR) is 76.5 cm³/mol. The molecule has 0 heterocycles. The fourth-order valence-electron chi connectivity index (χ4n) is 1.46. The molecule has 2 N–H and O–H groups in total. The summed E-state index contributed by atoms with van der Waals surface area (Å²) in [4.78, 5) is 11.0. The highest BCUT2D eigenvalue weighted by molar-refractivity contribution is 5.89. The zero-order chi connectivity index (χ0) is 14.3. The van der Waals surface area contributed by atoms with Gasteiger partial charge in [0.05, 0.1) is 5.69 Å². The first-order valence-corrected chi connectivity index (χ1v) is 6.02. The molecule has 19 heavy (non-hydrogen) atoms. The van der Waals surface area contributed by atoms with Gasteiger partial charge in [-0.3, -0.25) is 4.79 Å². The maximum absolute atomic E-state index is 11.0. The van der Waals surface area contributed by atoms with Crippen LogP contribution in [0.4, 0.5) is 11.4 Å². The van der Waals surface area contributed by atoms with E-state index in [9.17, 15) is 4.79 Å². The summed E-state index contributed by atoms with van der Waals surface area (Å²) in [6.45, 7) is 7.53. The van der Waals surface area contributed by atoms with Crippen LogP contribution in [0.2, 0.25) is 0 Å². The fraction of sp³-hybridized carbons (Fsp3) is 0.357. The van der Waals surface area contributed by atoms with Gasteiger partial charge in [-0.25, -0.2) is 0 Å². The lowest BCUT2D eigenvalue weighted by molar-refractivity contribution is -0.114. The maximum Gasteiger partial charge on any atom is 0.221 e. The summed E-state index contributed by atoms with van der Waals surface area (Å²) < 4.78 is 10.7. The molecule has 5 nitrogen and oxygen atoms in total. The van der Waals surface area contributed by atoms with Gasteiger partial charge in [0, 0.05) is 26.3 Å². The Labute approximate surface area is 113 Å². The van der Waals surface area contributed by atoms with E-state index in [0.717, 1.165) is 5.69 Å². The number of nitrogens with one attached hydrogen (secondary N) is 2. The Morgan fingerprint density at radius 1 is 1.53 bits per heavy atom. The van der Waals surface area contributed by atoms with E-state index in [1.54, 1.807) is 32.2 Å². The van der Waals surface area contributed by atoms with E-state index in [2.05, 4.69) is 17.2 Å². The molecule has 0 aliphatic rings. The largest absolute Gasteiger partial charge is 0.463 e. The normalized spacial score (nSPS) is 11.5. The van der Waals surface area contributed by atoms with Crippen LogP contribution in [0.1, 0.15) is 13.8 Å². The van der Waals surface area contributed by atoms with Gasteiger partial charge in [-0.2, -0.15) is 0 Å². The number of anilines is 2. The third-order valence-corrected chi connectivity index (χ3v) is 2.36. The highest BCUT2D eigenvalue weighted by Crippen LogP contribution is 2.29. The third kappa shape index (κ3) is 5.01. The van der Waals surface area contributed by atoms with Crippen molar-refractivity contribution in [3.05, 3.63) is 30.9 Å². The zero-order valence-electron chi connectivity index (χ0n) is 11.5. The van der Waals surface area contributed by atoms with E-state index in [1.165, 1.54) is 6.92 Å². The lowest BCUT2D eigenvalue weighted by Crippen LogP contribution is -2.15. The van der Waals surface area contributed by atoms with Crippen LogP contribution in [-0.2, 0) is 9.53 Å². The number of carbonyl (C=O) groups excluding carboxylic acids is 1. The molecule has 0 spiro atoms. The van der Waals surface area contributed by atoms with Gasteiger partial charge in [-0.15, -0.1) is 6.58 Å². The Hall–Kier alpha value is -2.01. The van der Waals surface area contributed by atoms with Crippen molar-refractivity contribution in [2.45, 2.75) is 20.1 Å². The summed E-state index contributed by atoms with van der Waals surface area (Å²) in [6, 6.07) is 5.37. The second-order valence-electron chi connectivity index (χ2n) is 3.98. The molecule has 1 aromatic carbocycles. The lowest BCUT2D eigenvalue weighted by Gasteiger charge is -2.17. The molecule has 0 saturated heterocycles. The molecular formula is C14H20N2O3. The molecule has 104 valence electrons. The second-order valence-corrected chi connectivity index (χ2v) is 3.98. The monoisotopic (exact) mass is 264 g/mol. The van der Waals surface area contributed by atoms with Crippen LogP contribution in [-0.4, -0.2) is 25.9 Å². The van der Waals surface area contributed by atoms with E-state index in [1.807, 2.05) is 6.07 Å². The highest BCUT2D eigenvalue weighted by Gasteiger charge is 2.09. The lowest BCUT2D eigenvalue weighted by atomic mass is 10.2. The molecule has 1 unspecified atom stereocenters. The van der Waals surface area contributed by atoms with Crippen molar-refractivity contribution in [3.63, 3.8) is 0 Å². The van der Waals surface area contributed by atoms with Crippen LogP contribution in [0.3, 0.4) is 0 Å². The number of ether oxygens (including phenoxy) is 2. The summed E-state index contributed by atoms with van der Waals surface area (Å²) in [5.41, 5.74) is 1.48. The van der Waals surface area contributed by atoms with Crippen molar-refractivity contribution in [1.82, 2.24) is 0 Å². The van der Waals surface area contributed by atoms with Gasteiger partial charge in [0.25, 0.3) is 0 Å². The standard InChI is InChI=1S/C14H20N2O3/c1-5-8-15-13-9-12(16-10(2)17)6-7-14(13)19-11(3)18-4/h5-7,9,11,15H,1,8H2,2-4H3,(H,16,17). The number of hydrogen-bond acceptors (Lipinski definition) is 4. The van der Waals surface area contributed by atoms with Crippen molar-refractivity contribution in [1.29, 1.82) is 0 Å². The van der Waals surface area contributed by atoms with Crippen molar-refractivity contribution < 1.29 is 14.3 Å². The van der Waals surface area contributed by atoms with E-state index in [0.29, 0.717) is 18.0 Å². The first-order chi connectivity index (χ1) is 9.06. The Bertz CT molecular complexity index is 446. The van der Waals surface area contributed by atoms with Crippen molar-refractivity contribution in [3.8, 4) is 5.75 Å². The van der Waals surface area contributed by atoms with Gasteiger partial charge in [-0.05, 0) is 25.1 Å². The van der Waals surface area contributed by atoms with Gasteiger partial charge >= 0.3 is 0 Å². The number of benzene rings is 1. The molecule has 1 aromatic rings. The van der Waals surface area contributed by atoms with Crippen LogP contribution in [0, 0.1) is 0 Å². The average molecular weight is 264 g/mol. The minimum absolute atomic E-state index is 0.117. The topological polar surface area (TPSA) is 59.6 Å². The summed E-state index contributed by atoms with van der Waals surface area (Å²) in [7, 11) is 1.58. The van der Waals surface area contributed by atoms with Crippen LogP contribution in [0.15, 0.2) is 30.9 Å². The Kier molecular flexibility index (Phi) is 5.89. The number of rotatable bonds is 7. The molecule has 1 atom stereocenters. The number of amides is 1. The van der Waals surface area contributed by atoms with E-state index < -0.39 is 0 Å². The molecule has 0 bridgehead atoms. The molecule has 0 aliphatic carbocycles. The van der Waals surface area contributed by atoms with E-state index in [-0.39, 0.29) is 12.2 Å². The number of methoxy groups -OCH3 is 1. The van der Waals surface area contributed by atoms with Crippen LogP contribution in [0.25, 0.3) is 0 Å². The summed E-state index contributed by atoms with van der Waals surface area (Å²) >= 11 is 0. The molecule has 1 amide bonds. The van der Waals surface area contributed by atoms with Crippen molar-refractivity contribution in [2.24, 2.45) is 0 Å². The van der Waals surface area contributed by atoms with Crippen molar-refractivity contribution >= 4 is 17.3 Å². The Morgan fingerprint density at radius 2 is 2.26 bits per heavy atom. The molecule has 0 aromatic heterocycles. The van der Waals surface area contributed by atoms with Crippen LogP contribution >= 0.6 is 0 Å². The van der Waals surface area contributed by atoms with Crippen LogP contribution < -0.4 is 15.4 Å². The molecule has 0 fully saturated rings. The first-order valence-electron chi connectivity index (χ1n) is 6.02. The van der Waals surface area contributed by atoms with Gasteiger partial charge in [0.15, 0.2) is 6.29 Å². The minimum Gasteiger partial charge on any atom is -0.463 e. The molecule has 0 radical (unpaired) electrons. The quantitative estimate of drug-likeness (QED) is 0.587. The number of carbonyl (C=O) groups is 1.